The lowest BCUT2D eigenvalue weighted by Crippen LogP contribution is -2.43. The first-order chi connectivity index (χ1) is 6.74. The highest BCUT2D eigenvalue weighted by atomic mass is 28.4. The van der Waals surface area contributed by atoms with Crippen molar-refractivity contribution in [3.8, 4) is 0 Å². The molecule has 0 amide bonds. The van der Waals surface area contributed by atoms with Crippen molar-refractivity contribution in [1.29, 1.82) is 0 Å². The molecule has 0 spiro atoms. The van der Waals surface area contributed by atoms with Gasteiger partial charge in [0.1, 0.15) is 0 Å². The maximum atomic E-state index is 5.35. The third kappa shape index (κ3) is 7.17. The molecule has 0 bridgehead atoms. The maximum absolute atomic E-state index is 5.35. The zero-order chi connectivity index (χ0) is 10.9. The van der Waals surface area contributed by atoms with Crippen LogP contribution in [-0.2, 0) is 13.3 Å². The molecule has 0 fully saturated rings. The van der Waals surface area contributed by atoms with Crippen molar-refractivity contribution < 1.29 is 13.3 Å². The van der Waals surface area contributed by atoms with Gasteiger partial charge in [0.25, 0.3) is 0 Å². The molecule has 0 aromatic carbocycles. The van der Waals surface area contributed by atoms with Gasteiger partial charge in [0.15, 0.2) is 0 Å². The lowest BCUT2D eigenvalue weighted by Gasteiger charge is -2.24. The third-order valence-electron chi connectivity index (χ3n) is 2.09. The van der Waals surface area contributed by atoms with E-state index in [0.29, 0.717) is 6.54 Å². The number of nitrogens with one attached hydrogen (secondary N) is 1. The number of hydrogen-bond acceptors (Lipinski definition) is 5. The molecule has 90 valence electrons. The topological polar surface area (TPSA) is 65.7 Å². The zero-order valence-electron chi connectivity index (χ0n) is 9.84. The van der Waals surface area contributed by atoms with E-state index in [9.17, 15) is 0 Å². The second-order valence-electron chi connectivity index (χ2n) is 2.94. The van der Waals surface area contributed by atoms with Crippen molar-refractivity contribution in [2.24, 2.45) is 5.73 Å². The zero-order valence-corrected chi connectivity index (χ0v) is 11.8. The molecule has 0 aliphatic heterocycles. The summed E-state index contributed by atoms with van der Waals surface area (Å²) in [5, 5.41) is 3.21. The summed E-state index contributed by atoms with van der Waals surface area (Å²) in [6, 6.07) is 0.827. The van der Waals surface area contributed by atoms with Crippen LogP contribution in [0.1, 0.15) is 6.42 Å². The van der Waals surface area contributed by atoms with Gasteiger partial charge in [-0.25, -0.2) is 0 Å². The van der Waals surface area contributed by atoms with E-state index in [2.05, 4.69) is 5.32 Å². The Bertz CT molecular complexity index is 129. The molecule has 3 N–H and O–H groups in total. The first-order valence-electron chi connectivity index (χ1n) is 4.81. The Labute approximate surface area is 98.0 Å². The van der Waals surface area contributed by atoms with Crippen LogP contribution in [0.25, 0.3) is 0 Å². The molecule has 4 radical (unpaired) electrons. The second kappa shape index (κ2) is 10.7. The fourth-order valence-electron chi connectivity index (χ4n) is 1.21. The van der Waals surface area contributed by atoms with E-state index in [0.717, 1.165) is 25.6 Å². The Balaban J connectivity index is 0. The van der Waals surface area contributed by atoms with Crippen molar-refractivity contribution in [2.45, 2.75) is 12.5 Å². The fourth-order valence-corrected chi connectivity index (χ4v) is 2.94. The number of hydrogen-bond donors (Lipinski definition) is 2. The molecule has 0 aromatic heterocycles. The van der Waals surface area contributed by atoms with Crippen LogP contribution in [0, 0.1) is 0 Å². The molecule has 0 aliphatic carbocycles. The molecular formula is C8H22N2O3Si2. The first kappa shape index (κ1) is 17.6. The maximum Gasteiger partial charge on any atom is 0.500 e. The monoisotopic (exact) mass is 250 g/mol. The van der Waals surface area contributed by atoms with Gasteiger partial charge in [-0.1, -0.05) is 0 Å². The number of nitrogens with two attached hydrogens (primary N) is 1. The van der Waals surface area contributed by atoms with Gasteiger partial charge in [0.05, 0.1) is 0 Å². The Morgan fingerprint density at radius 1 is 1.07 bits per heavy atom. The molecule has 15 heavy (non-hydrogen) atoms. The molecule has 0 atom stereocenters. The van der Waals surface area contributed by atoms with Crippen LogP contribution in [0.2, 0.25) is 6.04 Å². The van der Waals surface area contributed by atoms with Gasteiger partial charge < -0.3 is 24.3 Å². The molecule has 0 heterocycles. The summed E-state index contributed by atoms with van der Waals surface area (Å²) >= 11 is 0. The molecule has 0 unspecified atom stereocenters. The molecule has 0 saturated heterocycles. The average molecular weight is 250 g/mol. The van der Waals surface area contributed by atoms with Gasteiger partial charge in [-0.2, -0.15) is 0 Å². The largest absolute Gasteiger partial charge is 0.500 e. The van der Waals surface area contributed by atoms with Gasteiger partial charge in [0, 0.05) is 51.4 Å². The molecule has 0 rings (SSSR count). The van der Waals surface area contributed by atoms with Crippen LogP contribution in [0.5, 0.6) is 0 Å². The van der Waals surface area contributed by atoms with E-state index in [1.165, 1.54) is 0 Å². The first-order valence-corrected chi connectivity index (χ1v) is 6.74. The summed E-state index contributed by atoms with van der Waals surface area (Å²) in [5.41, 5.74) is 5.35. The SMILES string of the molecule is CO[Si](CCCNCCN)(OC)OC.[Si]. The highest BCUT2D eigenvalue weighted by molar-refractivity contribution is 6.60. The minimum atomic E-state index is -2.35. The highest BCUT2D eigenvalue weighted by Gasteiger charge is 2.36. The summed E-state index contributed by atoms with van der Waals surface area (Å²) < 4.78 is 15.9. The average Bonchev–Trinajstić information content (AvgIpc) is 2.24. The van der Waals surface area contributed by atoms with Crippen molar-refractivity contribution in [2.75, 3.05) is 41.0 Å². The van der Waals surface area contributed by atoms with E-state index >= 15 is 0 Å². The van der Waals surface area contributed by atoms with Gasteiger partial charge >= 0.3 is 8.80 Å². The smallest absolute Gasteiger partial charge is 0.377 e. The van der Waals surface area contributed by atoms with Crippen LogP contribution in [0.4, 0.5) is 0 Å². The predicted molar refractivity (Wildman–Crippen MR) is 63.9 cm³/mol. The predicted octanol–water partition coefficient (Wildman–Crippen LogP) is -0.578. The summed E-state index contributed by atoms with van der Waals surface area (Å²) in [7, 11) is 2.55. The molecule has 0 aromatic rings. The second-order valence-corrected chi connectivity index (χ2v) is 6.03. The Hall–Kier alpha value is 0.234. The fraction of sp³-hybridized carbons (Fsp3) is 1.00. The van der Waals surface area contributed by atoms with Gasteiger partial charge in [-0.05, 0) is 13.0 Å². The van der Waals surface area contributed by atoms with Crippen LogP contribution in [0.3, 0.4) is 0 Å². The molecule has 0 saturated carbocycles. The molecule has 7 heteroatoms. The lowest BCUT2D eigenvalue weighted by atomic mass is 10.5. The lowest BCUT2D eigenvalue weighted by molar-refractivity contribution is 0.123. The summed E-state index contributed by atoms with van der Waals surface area (Å²) in [5.74, 6) is 0. The molecule has 0 aliphatic rings. The van der Waals surface area contributed by atoms with Crippen molar-refractivity contribution >= 4 is 19.8 Å². The van der Waals surface area contributed by atoms with Crippen LogP contribution >= 0.6 is 0 Å². The Morgan fingerprint density at radius 2 is 1.60 bits per heavy atom. The van der Waals surface area contributed by atoms with Crippen LogP contribution in [0.15, 0.2) is 0 Å². The van der Waals surface area contributed by atoms with E-state index < -0.39 is 8.80 Å². The standard InChI is InChI=1S/C8H22N2O3Si.Si/c1-11-14(12-2,13-3)8-4-6-10-7-5-9;/h10H,4-9H2,1-3H3;. The van der Waals surface area contributed by atoms with Crippen molar-refractivity contribution in [3.63, 3.8) is 0 Å². The summed E-state index contributed by atoms with van der Waals surface area (Å²) in [6.45, 7) is 2.44. The highest BCUT2D eigenvalue weighted by Crippen LogP contribution is 2.13. The summed E-state index contributed by atoms with van der Waals surface area (Å²) in [4.78, 5) is 0. The quantitative estimate of drug-likeness (QED) is 0.423. The normalized spacial score (nSPS) is 11.2. The van der Waals surface area contributed by atoms with Crippen LogP contribution < -0.4 is 11.1 Å². The van der Waals surface area contributed by atoms with Gasteiger partial charge in [-0.3, -0.25) is 0 Å². The van der Waals surface area contributed by atoms with E-state index in [4.69, 9.17) is 19.0 Å². The third-order valence-corrected chi connectivity index (χ3v) is 4.92. The van der Waals surface area contributed by atoms with Gasteiger partial charge in [-0.15, -0.1) is 0 Å². The Kier molecular flexibility index (Phi) is 12.6. The van der Waals surface area contributed by atoms with E-state index in [1.807, 2.05) is 0 Å². The number of rotatable bonds is 9. The minimum Gasteiger partial charge on any atom is -0.377 e. The molecule has 5 nitrogen and oxygen atoms in total. The van der Waals surface area contributed by atoms with Crippen LogP contribution in [-0.4, -0.2) is 60.7 Å². The van der Waals surface area contributed by atoms with Crippen molar-refractivity contribution in [3.05, 3.63) is 0 Å². The van der Waals surface area contributed by atoms with E-state index in [-0.39, 0.29) is 11.0 Å². The van der Waals surface area contributed by atoms with Gasteiger partial charge in [0.2, 0.25) is 0 Å². The minimum absolute atomic E-state index is 0. The summed E-state index contributed by atoms with van der Waals surface area (Å²) in [6.07, 6.45) is 0.974. The molecular weight excluding hydrogens is 228 g/mol. The van der Waals surface area contributed by atoms with Crippen molar-refractivity contribution in [1.82, 2.24) is 5.32 Å². The van der Waals surface area contributed by atoms with E-state index in [1.54, 1.807) is 21.3 Å². The Morgan fingerprint density at radius 3 is 2.00 bits per heavy atom.